The molecular formula is C11H9F2NO4. The van der Waals surface area contributed by atoms with Gasteiger partial charge >= 0.3 is 18.0 Å². The van der Waals surface area contributed by atoms with E-state index in [4.69, 9.17) is 0 Å². The molecule has 1 aliphatic heterocycles. The van der Waals surface area contributed by atoms with Crippen molar-refractivity contribution >= 4 is 17.6 Å². The first-order valence-electron chi connectivity index (χ1n) is 4.96. The standard InChI is InChI=1S/C11H9F2NO4/c1-5-3-8-7(4-6(5)9(15)17-2)14-10(16)11(12,13)18-8/h3-4H,1-2H3,(H,14,16). The number of benzene rings is 1. The fourth-order valence-corrected chi connectivity index (χ4v) is 1.57. The predicted octanol–water partition coefficient (Wildman–Crippen LogP) is 1.71. The number of anilines is 1. The Morgan fingerprint density at radius 3 is 2.72 bits per heavy atom. The molecule has 96 valence electrons. The maximum absolute atomic E-state index is 13.0. The lowest BCUT2D eigenvalue weighted by molar-refractivity contribution is -0.189. The van der Waals surface area contributed by atoms with Gasteiger partial charge in [-0.15, -0.1) is 0 Å². The SMILES string of the molecule is COC(=O)c1cc2c(cc1C)OC(F)(F)C(=O)N2. The quantitative estimate of drug-likeness (QED) is 0.778. The molecule has 5 nitrogen and oxygen atoms in total. The van der Waals surface area contributed by atoms with Gasteiger partial charge in [0.25, 0.3) is 0 Å². The number of aryl methyl sites for hydroxylation is 1. The highest BCUT2D eigenvalue weighted by Gasteiger charge is 2.46. The van der Waals surface area contributed by atoms with Gasteiger partial charge in [0, 0.05) is 0 Å². The smallest absolute Gasteiger partial charge is 0.465 e. The second-order valence-corrected chi connectivity index (χ2v) is 3.73. The summed E-state index contributed by atoms with van der Waals surface area (Å²) in [6, 6.07) is 2.48. The molecule has 0 bridgehead atoms. The number of fused-ring (bicyclic) bond motifs is 1. The largest absolute Gasteiger partial charge is 0.482 e. The Morgan fingerprint density at radius 2 is 2.11 bits per heavy atom. The number of esters is 1. The lowest BCUT2D eigenvalue weighted by Crippen LogP contribution is -2.43. The second-order valence-electron chi connectivity index (χ2n) is 3.73. The van der Waals surface area contributed by atoms with Crippen molar-refractivity contribution in [1.82, 2.24) is 0 Å². The maximum atomic E-state index is 13.0. The third kappa shape index (κ3) is 1.87. The number of halogens is 2. The Hall–Kier alpha value is -2.18. The molecular weight excluding hydrogens is 248 g/mol. The molecule has 1 N–H and O–H groups in total. The summed E-state index contributed by atoms with van der Waals surface area (Å²) >= 11 is 0. The van der Waals surface area contributed by atoms with Crippen molar-refractivity contribution in [3.8, 4) is 5.75 Å². The molecule has 1 amide bonds. The minimum atomic E-state index is -3.91. The van der Waals surface area contributed by atoms with E-state index in [0.29, 0.717) is 5.56 Å². The van der Waals surface area contributed by atoms with E-state index < -0.39 is 18.0 Å². The number of amides is 1. The number of methoxy groups -OCH3 is 1. The zero-order valence-corrected chi connectivity index (χ0v) is 9.54. The van der Waals surface area contributed by atoms with Crippen molar-refractivity contribution in [2.75, 3.05) is 12.4 Å². The summed E-state index contributed by atoms with van der Waals surface area (Å²) in [5.74, 6) is -2.39. The average molecular weight is 257 g/mol. The van der Waals surface area contributed by atoms with Gasteiger partial charge in [0.05, 0.1) is 18.4 Å². The highest BCUT2D eigenvalue weighted by Crippen LogP contribution is 2.37. The lowest BCUT2D eigenvalue weighted by atomic mass is 10.1. The molecule has 0 radical (unpaired) electrons. The number of nitrogens with one attached hydrogen (secondary N) is 1. The van der Waals surface area contributed by atoms with Crippen LogP contribution in [0.1, 0.15) is 15.9 Å². The number of hydrogen-bond donors (Lipinski definition) is 1. The first kappa shape index (κ1) is 12.3. The molecule has 2 rings (SSSR count). The number of alkyl halides is 2. The summed E-state index contributed by atoms with van der Waals surface area (Å²) in [7, 11) is 1.20. The van der Waals surface area contributed by atoms with Crippen LogP contribution in [0.3, 0.4) is 0 Å². The first-order chi connectivity index (χ1) is 8.35. The van der Waals surface area contributed by atoms with Crippen molar-refractivity contribution in [3.63, 3.8) is 0 Å². The number of ether oxygens (including phenoxy) is 2. The van der Waals surface area contributed by atoms with Crippen LogP contribution in [0.4, 0.5) is 14.5 Å². The molecule has 1 aromatic carbocycles. The van der Waals surface area contributed by atoms with Gasteiger partial charge in [0.1, 0.15) is 0 Å². The van der Waals surface area contributed by atoms with Gasteiger partial charge < -0.3 is 14.8 Å². The zero-order chi connectivity index (χ0) is 13.5. The van der Waals surface area contributed by atoms with Gasteiger partial charge in [0.15, 0.2) is 5.75 Å². The summed E-state index contributed by atoms with van der Waals surface area (Å²) < 4.78 is 34.8. The average Bonchev–Trinajstić information content (AvgIpc) is 2.29. The number of rotatable bonds is 1. The van der Waals surface area contributed by atoms with E-state index in [1.165, 1.54) is 19.2 Å². The second kappa shape index (κ2) is 3.94. The van der Waals surface area contributed by atoms with E-state index in [0.717, 1.165) is 0 Å². The maximum Gasteiger partial charge on any atom is 0.482 e. The topological polar surface area (TPSA) is 64.6 Å². The predicted molar refractivity (Wildman–Crippen MR) is 56.7 cm³/mol. The number of carbonyl (C=O) groups is 2. The Bertz CT molecular complexity index is 542. The van der Waals surface area contributed by atoms with E-state index >= 15 is 0 Å². The van der Waals surface area contributed by atoms with Gasteiger partial charge in [-0.25, -0.2) is 4.79 Å². The highest BCUT2D eigenvalue weighted by molar-refractivity contribution is 6.01. The van der Waals surface area contributed by atoms with Crippen LogP contribution < -0.4 is 10.1 Å². The zero-order valence-electron chi connectivity index (χ0n) is 9.54. The minimum absolute atomic E-state index is 0.0110. The van der Waals surface area contributed by atoms with Crippen molar-refractivity contribution in [2.24, 2.45) is 0 Å². The minimum Gasteiger partial charge on any atom is -0.465 e. The molecule has 1 heterocycles. The van der Waals surface area contributed by atoms with Crippen LogP contribution in [0.2, 0.25) is 0 Å². The van der Waals surface area contributed by atoms with Crippen LogP contribution >= 0.6 is 0 Å². The lowest BCUT2D eigenvalue weighted by Gasteiger charge is -2.25. The molecule has 1 aliphatic rings. The van der Waals surface area contributed by atoms with Gasteiger partial charge in [-0.3, -0.25) is 4.79 Å². The van der Waals surface area contributed by atoms with Crippen LogP contribution in [0.15, 0.2) is 12.1 Å². The molecule has 1 aromatic rings. The molecule has 0 fully saturated rings. The third-order valence-corrected chi connectivity index (χ3v) is 2.48. The van der Waals surface area contributed by atoms with E-state index in [1.54, 1.807) is 6.92 Å². The normalized spacial score (nSPS) is 16.3. The Balaban J connectivity index is 2.49. The van der Waals surface area contributed by atoms with Crippen LogP contribution in [0, 0.1) is 6.92 Å². The summed E-state index contributed by atoms with van der Waals surface area (Å²) in [5.41, 5.74) is 0.592. The van der Waals surface area contributed by atoms with Crippen molar-refractivity contribution in [2.45, 2.75) is 13.0 Å². The number of carbonyl (C=O) groups excluding carboxylic acids is 2. The van der Waals surface area contributed by atoms with Crippen molar-refractivity contribution < 1.29 is 27.8 Å². The Kier molecular flexibility index (Phi) is 2.68. The van der Waals surface area contributed by atoms with Crippen molar-refractivity contribution in [1.29, 1.82) is 0 Å². The summed E-state index contributed by atoms with van der Waals surface area (Å²) in [5, 5.41) is 1.98. The molecule has 0 unspecified atom stereocenters. The van der Waals surface area contributed by atoms with Crippen LogP contribution in [-0.4, -0.2) is 25.1 Å². The van der Waals surface area contributed by atoms with Gasteiger partial charge in [0.2, 0.25) is 0 Å². The van der Waals surface area contributed by atoms with Crippen molar-refractivity contribution in [3.05, 3.63) is 23.3 Å². The van der Waals surface area contributed by atoms with E-state index in [-0.39, 0.29) is 17.0 Å². The van der Waals surface area contributed by atoms with Crippen LogP contribution in [-0.2, 0) is 9.53 Å². The summed E-state index contributed by atoms with van der Waals surface area (Å²) in [6.45, 7) is 1.55. The Morgan fingerprint density at radius 1 is 1.44 bits per heavy atom. The molecule has 18 heavy (non-hydrogen) atoms. The molecule has 0 saturated carbocycles. The summed E-state index contributed by atoms with van der Waals surface area (Å²) in [4.78, 5) is 22.4. The Labute approximate surface area is 101 Å². The third-order valence-electron chi connectivity index (χ3n) is 2.48. The molecule has 0 aromatic heterocycles. The van der Waals surface area contributed by atoms with E-state index in [1.807, 2.05) is 5.32 Å². The molecule has 0 saturated heterocycles. The molecule has 0 aliphatic carbocycles. The van der Waals surface area contributed by atoms with Gasteiger partial charge in [-0.2, -0.15) is 8.78 Å². The number of hydrogen-bond acceptors (Lipinski definition) is 4. The fourth-order valence-electron chi connectivity index (χ4n) is 1.57. The van der Waals surface area contributed by atoms with E-state index in [9.17, 15) is 18.4 Å². The monoisotopic (exact) mass is 257 g/mol. The fraction of sp³-hybridized carbons (Fsp3) is 0.273. The van der Waals surface area contributed by atoms with Crippen LogP contribution in [0.25, 0.3) is 0 Å². The molecule has 0 atom stereocenters. The molecule has 7 heteroatoms. The van der Waals surface area contributed by atoms with Gasteiger partial charge in [-0.05, 0) is 24.6 Å². The summed E-state index contributed by atoms with van der Waals surface area (Å²) in [6.07, 6.45) is -3.91. The van der Waals surface area contributed by atoms with Crippen LogP contribution in [0.5, 0.6) is 5.75 Å². The first-order valence-corrected chi connectivity index (χ1v) is 4.96. The van der Waals surface area contributed by atoms with E-state index in [2.05, 4.69) is 9.47 Å². The highest BCUT2D eigenvalue weighted by atomic mass is 19.3. The van der Waals surface area contributed by atoms with Gasteiger partial charge in [-0.1, -0.05) is 0 Å². The molecule has 0 spiro atoms.